The van der Waals surface area contributed by atoms with Gasteiger partial charge >= 0.3 is 5.97 Å². The van der Waals surface area contributed by atoms with Crippen LogP contribution in [0.25, 0.3) is 17.0 Å². The Bertz CT molecular complexity index is 1020. The molecule has 0 aliphatic rings. The molecule has 7 nitrogen and oxygen atoms in total. The Kier molecular flexibility index (Phi) is 5.21. The lowest BCUT2D eigenvalue weighted by atomic mass is 10.1. The Labute approximate surface area is 155 Å². The standard InChI is InChI=1S/C20H18N2O5/c1-26-15-7-3-14(4-8-15)12-22-17-9-5-13(6-10-18(23)27-2)11-16(17)19(21-25)20(22)24/h3-11,24H,12H2,1-2H3/b10-6+. The molecule has 0 bridgehead atoms. The van der Waals surface area contributed by atoms with Crippen LogP contribution in [0.4, 0.5) is 5.69 Å². The van der Waals surface area contributed by atoms with E-state index in [0.29, 0.717) is 23.0 Å². The highest BCUT2D eigenvalue weighted by molar-refractivity contribution is 5.97. The van der Waals surface area contributed by atoms with Gasteiger partial charge in [0.2, 0.25) is 5.88 Å². The lowest BCUT2D eigenvalue weighted by Crippen LogP contribution is -1.99. The first-order valence-corrected chi connectivity index (χ1v) is 8.15. The van der Waals surface area contributed by atoms with Crippen LogP contribution in [0.5, 0.6) is 11.6 Å². The summed E-state index contributed by atoms with van der Waals surface area (Å²) in [6.45, 7) is 0.360. The van der Waals surface area contributed by atoms with E-state index < -0.39 is 5.97 Å². The first kappa shape index (κ1) is 18.2. The largest absolute Gasteiger partial charge is 0.497 e. The van der Waals surface area contributed by atoms with Crippen LogP contribution in [0.1, 0.15) is 11.1 Å². The second kappa shape index (κ2) is 7.74. The SMILES string of the molecule is COC(=O)/C=C/c1ccc2c(c1)c(N=O)c(O)n2Cc1ccc(OC)cc1. The summed E-state index contributed by atoms with van der Waals surface area (Å²) in [5, 5.41) is 14.0. The first-order valence-electron chi connectivity index (χ1n) is 8.15. The van der Waals surface area contributed by atoms with Gasteiger partial charge in [0.1, 0.15) is 5.75 Å². The Hall–Kier alpha value is -3.61. The van der Waals surface area contributed by atoms with Crippen molar-refractivity contribution in [3.05, 3.63) is 64.6 Å². The van der Waals surface area contributed by atoms with E-state index in [0.717, 1.165) is 11.3 Å². The number of methoxy groups -OCH3 is 2. The summed E-state index contributed by atoms with van der Waals surface area (Å²) in [5.74, 6) is 0.0475. The smallest absolute Gasteiger partial charge is 0.330 e. The molecule has 0 aliphatic carbocycles. The molecule has 1 heterocycles. The number of rotatable bonds is 6. The number of hydrogen-bond donors (Lipinski definition) is 1. The Morgan fingerprint density at radius 1 is 1.19 bits per heavy atom. The third kappa shape index (κ3) is 3.67. The van der Waals surface area contributed by atoms with Crippen molar-refractivity contribution in [1.82, 2.24) is 4.57 Å². The number of aromatic nitrogens is 1. The van der Waals surface area contributed by atoms with Crippen molar-refractivity contribution in [2.24, 2.45) is 5.18 Å². The number of ether oxygens (including phenoxy) is 2. The second-order valence-electron chi connectivity index (χ2n) is 5.83. The van der Waals surface area contributed by atoms with Crippen molar-refractivity contribution < 1.29 is 19.4 Å². The average Bonchev–Trinajstić information content (AvgIpc) is 2.96. The van der Waals surface area contributed by atoms with Crippen LogP contribution in [0.15, 0.2) is 53.7 Å². The van der Waals surface area contributed by atoms with E-state index in [1.54, 1.807) is 36.0 Å². The van der Waals surface area contributed by atoms with Crippen LogP contribution in [0, 0.1) is 4.91 Å². The summed E-state index contributed by atoms with van der Waals surface area (Å²) < 4.78 is 11.3. The molecular weight excluding hydrogens is 348 g/mol. The van der Waals surface area contributed by atoms with E-state index in [-0.39, 0.29) is 11.6 Å². The van der Waals surface area contributed by atoms with E-state index in [1.807, 2.05) is 24.3 Å². The molecule has 3 rings (SSSR count). The van der Waals surface area contributed by atoms with Crippen LogP contribution in [0.2, 0.25) is 0 Å². The zero-order valence-corrected chi connectivity index (χ0v) is 14.9. The van der Waals surface area contributed by atoms with E-state index in [9.17, 15) is 14.8 Å². The van der Waals surface area contributed by atoms with Crippen LogP contribution in [-0.2, 0) is 16.1 Å². The van der Waals surface area contributed by atoms with Gasteiger partial charge in [-0.05, 0) is 46.6 Å². The fourth-order valence-electron chi connectivity index (χ4n) is 2.84. The van der Waals surface area contributed by atoms with Gasteiger partial charge in [0.05, 0.1) is 26.3 Å². The molecule has 27 heavy (non-hydrogen) atoms. The quantitative estimate of drug-likeness (QED) is 0.405. The summed E-state index contributed by atoms with van der Waals surface area (Å²) in [7, 11) is 2.89. The number of aromatic hydroxyl groups is 1. The van der Waals surface area contributed by atoms with Gasteiger partial charge in [-0.3, -0.25) is 0 Å². The average molecular weight is 366 g/mol. The fourth-order valence-corrected chi connectivity index (χ4v) is 2.84. The van der Waals surface area contributed by atoms with Gasteiger partial charge < -0.3 is 19.1 Å². The summed E-state index contributed by atoms with van der Waals surface area (Å²) >= 11 is 0. The van der Waals surface area contributed by atoms with E-state index in [2.05, 4.69) is 9.91 Å². The maximum Gasteiger partial charge on any atom is 0.330 e. The summed E-state index contributed by atoms with van der Waals surface area (Å²) in [6.07, 6.45) is 2.85. The van der Waals surface area contributed by atoms with Crippen LogP contribution < -0.4 is 4.74 Å². The normalized spacial score (nSPS) is 11.0. The number of nitroso groups, excluding NO2 is 1. The molecule has 0 saturated heterocycles. The third-order valence-electron chi connectivity index (χ3n) is 4.24. The maximum atomic E-state index is 11.3. The van der Waals surface area contributed by atoms with Crippen LogP contribution in [0.3, 0.4) is 0 Å². The molecule has 0 saturated carbocycles. The van der Waals surface area contributed by atoms with Gasteiger partial charge in [-0.2, -0.15) is 0 Å². The molecule has 3 aromatic rings. The van der Waals surface area contributed by atoms with Crippen molar-refractivity contribution in [2.45, 2.75) is 6.54 Å². The molecular formula is C20H18N2O5. The van der Waals surface area contributed by atoms with Crippen molar-refractivity contribution in [1.29, 1.82) is 0 Å². The number of nitrogens with zero attached hydrogens (tertiary/aromatic N) is 2. The highest BCUT2D eigenvalue weighted by atomic mass is 16.5. The third-order valence-corrected chi connectivity index (χ3v) is 4.24. The predicted octanol–water partition coefficient (Wildman–Crippen LogP) is 3.99. The molecule has 1 N–H and O–H groups in total. The summed E-state index contributed by atoms with van der Waals surface area (Å²) in [5.41, 5.74) is 2.23. The zero-order chi connectivity index (χ0) is 19.4. The van der Waals surface area contributed by atoms with Crippen molar-refractivity contribution in [2.75, 3.05) is 14.2 Å². The Morgan fingerprint density at radius 2 is 1.93 bits per heavy atom. The highest BCUT2D eigenvalue weighted by Crippen LogP contribution is 2.39. The number of hydrogen-bond acceptors (Lipinski definition) is 6. The number of carbonyl (C=O) groups is 1. The molecule has 0 fully saturated rings. The van der Waals surface area contributed by atoms with Crippen molar-refractivity contribution >= 4 is 28.6 Å². The van der Waals surface area contributed by atoms with Gasteiger partial charge in [-0.1, -0.05) is 18.2 Å². The summed E-state index contributed by atoms with van der Waals surface area (Å²) in [4.78, 5) is 22.5. The number of esters is 1. The van der Waals surface area contributed by atoms with Gasteiger partial charge in [0.25, 0.3) is 0 Å². The minimum Gasteiger partial charge on any atom is -0.497 e. The van der Waals surface area contributed by atoms with Crippen LogP contribution >= 0.6 is 0 Å². The van der Waals surface area contributed by atoms with Gasteiger partial charge in [-0.15, -0.1) is 4.91 Å². The van der Waals surface area contributed by atoms with E-state index in [1.165, 1.54) is 13.2 Å². The predicted molar refractivity (Wildman–Crippen MR) is 102 cm³/mol. The number of carbonyl (C=O) groups excluding carboxylic acids is 1. The molecule has 138 valence electrons. The molecule has 0 spiro atoms. The van der Waals surface area contributed by atoms with Crippen molar-refractivity contribution in [3.8, 4) is 11.6 Å². The molecule has 0 radical (unpaired) electrons. The van der Waals surface area contributed by atoms with E-state index in [4.69, 9.17) is 4.74 Å². The Balaban J connectivity index is 2.02. The Morgan fingerprint density at radius 3 is 2.56 bits per heavy atom. The minimum atomic E-state index is -0.483. The summed E-state index contributed by atoms with van der Waals surface area (Å²) in [6, 6.07) is 12.6. The highest BCUT2D eigenvalue weighted by Gasteiger charge is 2.18. The van der Waals surface area contributed by atoms with E-state index >= 15 is 0 Å². The topological polar surface area (TPSA) is 90.1 Å². The molecule has 2 aromatic carbocycles. The molecule has 0 unspecified atom stereocenters. The number of fused-ring (bicyclic) bond motifs is 1. The van der Waals surface area contributed by atoms with Crippen molar-refractivity contribution in [3.63, 3.8) is 0 Å². The second-order valence-corrected chi connectivity index (χ2v) is 5.83. The van der Waals surface area contributed by atoms with Crippen LogP contribution in [-0.4, -0.2) is 29.9 Å². The molecule has 0 aliphatic heterocycles. The molecule has 1 aromatic heterocycles. The zero-order valence-electron chi connectivity index (χ0n) is 14.9. The minimum absolute atomic E-state index is 0.0353. The lowest BCUT2D eigenvalue weighted by molar-refractivity contribution is -0.134. The van der Waals surface area contributed by atoms with Gasteiger partial charge in [0, 0.05) is 11.5 Å². The first-order chi connectivity index (χ1) is 13.1. The van der Waals surface area contributed by atoms with Gasteiger partial charge in [-0.25, -0.2) is 4.79 Å². The molecule has 0 atom stereocenters. The fraction of sp³-hybridized carbons (Fsp3) is 0.150. The molecule has 7 heteroatoms. The van der Waals surface area contributed by atoms with Gasteiger partial charge in [0.15, 0.2) is 5.69 Å². The lowest BCUT2D eigenvalue weighted by Gasteiger charge is -2.08. The molecule has 0 amide bonds. The monoisotopic (exact) mass is 366 g/mol. The number of benzene rings is 2. The maximum absolute atomic E-state index is 11.3.